The lowest BCUT2D eigenvalue weighted by molar-refractivity contribution is -0.151. The van der Waals surface area contributed by atoms with Crippen LogP contribution in [0.2, 0.25) is 0 Å². The highest BCUT2D eigenvalue weighted by atomic mass is 79.9. The fourth-order valence-corrected chi connectivity index (χ4v) is 0.805. The summed E-state index contributed by atoms with van der Waals surface area (Å²) < 4.78 is 4.15. The highest BCUT2D eigenvalue weighted by Gasteiger charge is 2.30. The molecule has 1 aliphatic heterocycles. The van der Waals surface area contributed by atoms with E-state index in [4.69, 9.17) is 0 Å². The fourth-order valence-electron chi connectivity index (χ4n) is 0.447. The topological polar surface area (TPSA) is 43.4 Å². The predicted molar refractivity (Wildman–Crippen MR) is 28.4 cm³/mol. The van der Waals surface area contributed by atoms with E-state index in [2.05, 4.69) is 20.7 Å². The van der Waals surface area contributed by atoms with Crippen molar-refractivity contribution in [2.75, 3.05) is 0 Å². The number of hydrogen-bond acceptors (Lipinski definition) is 3. The molecular formula is C4H3BrO3. The molecule has 0 saturated carbocycles. The van der Waals surface area contributed by atoms with Gasteiger partial charge in [-0.3, -0.25) is 9.59 Å². The largest absolute Gasteiger partial charge is 0.392 e. The van der Waals surface area contributed by atoms with Crippen LogP contribution >= 0.6 is 15.9 Å². The van der Waals surface area contributed by atoms with Gasteiger partial charge in [0.15, 0.2) is 0 Å². The Bertz CT molecular complexity index is 142. The van der Waals surface area contributed by atoms with Gasteiger partial charge in [-0.15, -0.1) is 0 Å². The van der Waals surface area contributed by atoms with E-state index in [-0.39, 0.29) is 6.42 Å². The van der Waals surface area contributed by atoms with Gasteiger partial charge in [-0.05, 0) is 0 Å². The minimum atomic E-state index is -0.477. The Morgan fingerprint density at radius 3 is 2.38 bits per heavy atom. The maximum absolute atomic E-state index is 10.3. The Balaban J connectivity index is 2.64. The molecule has 0 aromatic heterocycles. The van der Waals surface area contributed by atoms with E-state index in [0.29, 0.717) is 0 Å². The van der Waals surface area contributed by atoms with Crippen LogP contribution in [0.3, 0.4) is 0 Å². The molecule has 3 nitrogen and oxygen atoms in total. The average molecular weight is 179 g/mol. The lowest BCUT2D eigenvalue weighted by Crippen LogP contribution is -2.04. The molecule has 0 bridgehead atoms. The average Bonchev–Trinajstić information content (AvgIpc) is 1.85. The quantitative estimate of drug-likeness (QED) is 0.303. The fraction of sp³-hybridized carbons (Fsp3) is 0.500. The Hall–Kier alpha value is -0.380. The van der Waals surface area contributed by atoms with Crippen LogP contribution in [-0.4, -0.2) is 16.8 Å². The Labute approximate surface area is 54.1 Å². The highest BCUT2D eigenvalue weighted by molar-refractivity contribution is 9.10. The second-order valence-electron chi connectivity index (χ2n) is 1.46. The van der Waals surface area contributed by atoms with Gasteiger partial charge >= 0.3 is 11.9 Å². The molecular weight excluding hydrogens is 176 g/mol. The maximum Gasteiger partial charge on any atom is 0.327 e. The first-order valence-corrected chi connectivity index (χ1v) is 3.00. The molecule has 1 aliphatic rings. The first-order chi connectivity index (χ1) is 3.70. The molecule has 0 spiro atoms. The van der Waals surface area contributed by atoms with Crippen LogP contribution < -0.4 is 0 Å². The summed E-state index contributed by atoms with van der Waals surface area (Å²) in [6, 6.07) is 0. The SMILES string of the molecule is O=C1CC(Br)C(=O)O1. The van der Waals surface area contributed by atoms with Gasteiger partial charge in [0.05, 0.1) is 6.42 Å². The van der Waals surface area contributed by atoms with Crippen molar-refractivity contribution in [1.29, 1.82) is 0 Å². The first-order valence-electron chi connectivity index (χ1n) is 2.09. The summed E-state index contributed by atoms with van der Waals surface area (Å²) in [5.74, 6) is -0.924. The third-order valence-electron chi connectivity index (χ3n) is 0.816. The van der Waals surface area contributed by atoms with Crippen LogP contribution in [0, 0.1) is 0 Å². The zero-order valence-electron chi connectivity index (χ0n) is 3.89. The third kappa shape index (κ3) is 0.888. The van der Waals surface area contributed by atoms with Crippen molar-refractivity contribution in [2.24, 2.45) is 0 Å². The lowest BCUT2D eigenvalue weighted by atomic mass is 10.4. The molecule has 0 aromatic carbocycles. The zero-order chi connectivity index (χ0) is 6.15. The number of halogens is 1. The molecule has 1 heterocycles. The van der Waals surface area contributed by atoms with Crippen molar-refractivity contribution in [1.82, 2.24) is 0 Å². The van der Waals surface area contributed by atoms with Gasteiger partial charge < -0.3 is 4.74 Å². The normalized spacial score (nSPS) is 28.4. The number of carbonyl (C=O) groups is 2. The molecule has 0 aliphatic carbocycles. The van der Waals surface area contributed by atoms with Crippen molar-refractivity contribution < 1.29 is 14.3 Å². The second-order valence-corrected chi connectivity index (χ2v) is 2.57. The van der Waals surface area contributed by atoms with Gasteiger partial charge in [0.1, 0.15) is 4.83 Å². The van der Waals surface area contributed by atoms with Crippen LogP contribution in [-0.2, 0) is 14.3 Å². The van der Waals surface area contributed by atoms with Crippen molar-refractivity contribution in [3.63, 3.8) is 0 Å². The van der Waals surface area contributed by atoms with E-state index in [1.807, 2.05) is 0 Å². The standard InChI is InChI=1S/C4H3BrO3/c5-2-1-3(6)8-4(2)7/h2H,1H2. The molecule has 1 saturated heterocycles. The van der Waals surface area contributed by atoms with Gasteiger partial charge in [-0.1, -0.05) is 15.9 Å². The molecule has 44 valence electrons. The van der Waals surface area contributed by atoms with E-state index in [9.17, 15) is 9.59 Å². The van der Waals surface area contributed by atoms with E-state index in [0.717, 1.165) is 0 Å². The van der Waals surface area contributed by atoms with Crippen molar-refractivity contribution in [3.8, 4) is 0 Å². The number of alkyl halides is 1. The summed E-state index contributed by atoms with van der Waals surface area (Å²) in [6.07, 6.45) is 0.166. The minimum absolute atomic E-state index is 0.166. The first kappa shape index (κ1) is 5.75. The Morgan fingerprint density at radius 1 is 1.62 bits per heavy atom. The van der Waals surface area contributed by atoms with E-state index in [1.54, 1.807) is 0 Å². The smallest absolute Gasteiger partial charge is 0.327 e. The number of cyclic esters (lactones) is 2. The van der Waals surface area contributed by atoms with E-state index >= 15 is 0 Å². The van der Waals surface area contributed by atoms with Gasteiger partial charge in [-0.25, -0.2) is 0 Å². The summed E-state index contributed by atoms with van der Waals surface area (Å²) in [6.45, 7) is 0. The van der Waals surface area contributed by atoms with Crippen LogP contribution in [0.15, 0.2) is 0 Å². The lowest BCUT2D eigenvalue weighted by Gasteiger charge is -1.84. The van der Waals surface area contributed by atoms with Crippen molar-refractivity contribution >= 4 is 27.9 Å². The van der Waals surface area contributed by atoms with Gasteiger partial charge in [0.2, 0.25) is 0 Å². The van der Waals surface area contributed by atoms with Crippen LogP contribution in [0.5, 0.6) is 0 Å². The number of ether oxygens (including phenoxy) is 1. The number of hydrogen-bond donors (Lipinski definition) is 0. The highest BCUT2D eigenvalue weighted by Crippen LogP contribution is 2.15. The molecule has 0 amide bonds. The van der Waals surface area contributed by atoms with Crippen molar-refractivity contribution in [2.45, 2.75) is 11.2 Å². The summed E-state index contributed by atoms with van der Waals surface area (Å²) in [5, 5.41) is 0. The van der Waals surface area contributed by atoms with Crippen molar-refractivity contribution in [3.05, 3.63) is 0 Å². The summed E-state index contributed by atoms with van der Waals surface area (Å²) in [5.41, 5.74) is 0. The van der Waals surface area contributed by atoms with Crippen LogP contribution in [0.25, 0.3) is 0 Å². The van der Waals surface area contributed by atoms with Crippen LogP contribution in [0.1, 0.15) is 6.42 Å². The number of rotatable bonds is 0. The monoisotopic (exact) mass is 178 g/mol. The molecule has 8 heavy (non-hydrogen) atoms. The Morgan fingerprint density at radius 2 is 2.25 bits per heavy atom. The molecule has 1 fully saturated rings. The van der Waals surface area contributed by atoms with Gasteiger partial charge in [0.25, 0.3) is 0 Å². The second kappa shape index (κ2) is 1.85. The van der Waals surface area contributed by atoms with Crippen LogP contribution in [0.4, 0.5) is 0 Å². The third-order valence-corrected chi connectivity index (χ3v) is 1.51. The minimum Gasteiger partial charge on any atom is -0.392 e. The van der Waals surface area contributed by atoms with Gasteiger partial charge in [0, 0.05) is 0 Å². The van der Waals surface area contributed by atoms with E-state index < -0.39 is 16.8 Å². The number of carbonyl (C=O) groups excluding carboxylic acids is 2. The molecule has 0 radical (unpaired) electrons. The maximum atomic E-state index is 10.3. The predicted octanol–water partition coefficient (Wildman–Crippen LogP) is 0.223. The molecule has 1 atom stereocenters. The summed E-state index contributed by atoms with van der Waals surface area (Å²) >= 11 is 2.95. The zero-order valence-corrected chi connectivity index (χ0v) is 5.47. The molecule has 4 heteroatoms. The number of esters is 2. The Kier molecular flexibility index (Phi) is 1.33. The van der Waals surface area contributed by atoms with E-state index in [1.165, 1.54) is 0 Å². The molecule has 1 unspecified atom stereocenters. The molecule has 1 rings (SSSR count). The molecule has 0 aromatic rings. The molecule has 0 N–H and O–H groups in total. The summed E-state index contributed by atoms with van der Waals surface area (Å²) in [7, 11) is 0. The summed E-state index contributed by atoms with van der Waals surface area (Å²) in [4.78, 5) is 20.1. The van der Waals surface area contributed by atoms with Gasteiger partial charge in [-0.2, -0.15) is 0 Å².